The predicted molar refractivity (Wildman–Crippen MR) is 119 cm³/mol. The minimum Gasteiger partial charge on any atom is -0.364 e. The quantitative estimate of drug-likeness (QED) is 0.512. The maximum atomic E-state index is 11.3. The number of thioether (sulfide) groups is 1. The maximum absolute atomic E-state index is 11.3. The van der Waals surface area contributed by atoms with Crippen LogP contribution in [0.3, 0.4) is 0 Å². The summed E-state index contributed by atoms with van der Waals surface area (Å²) in [6.07, 6.45) is 7.55. The van der Waals surface area contributed by atoms with Crippen molar-refractivity contribution in [3.8, 4) is 0 Å². The normalized spacial score (nSPS) is 14.0. The minimum absolute atomic E-state index is 0.102. The van der Waals surface area contributed by atoms with Gasteiger partial charge >= 0.3 is 11.7 Å². The Labute approximate surface area is 179 Å². The van der Waals surface area contributed by atoms with Crippen LogP contribution in [0.4, 0.5) is 11.5 Å². The van der Waals surface area contributed by atoms with E-state index in [1.54, 1.807) is 16.3 Å². The van der Waals surface area contributed by atoms with Crippen LogP contribution < -0.4 is 14.9 Å². The van der Waals surface area contributed by atoms with Gasteiger partial charge in [0.2, 0.25) is 24.7 Å². The van der Waals surface area contributed by atoms with Crippen molar-refractivity contribution in [1.29, 1.82) is 0 Å². The van der Waals surface area contributed by atoms with Gasteiger partial charge in [0.1, 0.15) is 11.9 Å². The summed E-state index contributed by atoms with van der Waals surface area (Å²) in [5, 5.41) is 0. The molecule has 0 spiro atoms. The van der Waals surface area contributed by atoms with Crippen molar-refractivity contribution in [3.05, 3.63) is 77.7 Å². The van der Waals surface area contributed by atoms with Crippen LogP contribution in [0.25, 0.3) is 0 Å². The lowest BCUT2D eigenvalue weighted by Crippen LogP contribution is -2.48. The number of carbonyl (C=O) groups excluding carboxylic acids is 1. The summed E-state index contributed by atoms with van der Waals surface area (Å²) in [5.41, 5.74) is 10.3. The number of fused-ring (bicyclic) bond motifs is 1. The zero-order valence-electron chi connectivity index (χ0n) is 17.2. The summed E-state index contributed by atoms with van der Waals surface area (Å²) in [6, 6.07) is 14.4. The molecule has 0 aliphatic carbocycles. The Hall–Kier alpha value is -3.32. The fraction of sp³-hybridized carbons (Fsp3) is 0.174. The standard InChI is InChI=1S/C23H22N5OS/c1-15-5-4-6-16(2)21(15)26-23-22(17-7-9-18(30-3)10-8-17)25-20-14-27(13-19(24)29)11-12-28(20)23/h4-12,14H,13H2,1-3H3,(H-,24,29)/q+1/p+1. The molecule has 1 aliphatic rings. The third kappa shape index (κ3) is 3.89. The highest BCUT2D eigenvalue weighted by atomic mass is 32.2. The molecule has 6 nitrogen and oxygen atoms in total. The van der Waals surface area contributed by atoms with Crippen molar-refractivity contribution in [2.45, 2.75) is 25.3 Å². The van der Waals surface area contributed by atoms with Gasteiger partial charge in [-0.1, -0.05) is 28.2 Å². The molecule has 30 heavy (non-hydrogen) atoms. The van der Waals surface area contributed by atoms with Crippen molar-refractivity contribution in [1.82, 2.24) is 0 Å². The van der Waals surface area contributed by atoms with Crippen molar-refractivity contribution in [2.24, 2.45) is 15.7 Å². The highest BCUT2D eigenvalue weighted by molar-refractivity contribution is 7.98. The van der Waals surface area contributed by atoms with E-state index in [9.17, 15) is 4.79 Å². The number of benzene rings is 2. The predicted octanol–water partition coefficient (Wildman–Crippen LogP) is 2.80. The first-order valence-electron chi connectivity index (χ1n) is 9.58. The monoisotopic (exact) mass is 417 g/mol. The van der Waals surface area contributed by atoms with E-state index in [2.05, 4.69) is 56.5 Å². The molecule has 2 aromatic carbocycles. The Morgan fingerprint density at radius 2 is 1.80 bits per heavy atom. The zero-order chi connectivity index (χ0) is 21.3. The van der Waals surface area contributed by atoms with E-state index in [1.807, 2.05) is 29.2 Å². The summed E-state index contributed by atoms with van der Waals surface area (Å²) in [5.74, 6) is 1.06. The minimum atomic E-state index is -0.399. The van der Waals surface area contributed by atoms with Gasteiger partial charge in [0.05, 0.1) is 0 Å². The van der Waals surface area contributed by atoms with E-state index in [0.29, 0.717) is 5.82 Å². The van der Waals surface area contributed by atoms with Crippen LogP contribution in [0.15, 0.2) is 75.9 Å². The number of amides is 1. The molecule has 1 amide bonds. The number of nitrogens with zero attached hydrogens (tertiary/aromatic N) is 4. The smallest absolute Gasteiger partial charge is 0.333 e. The summed E-state index contributed by atoms with van der Waals surface area (Å²) in [4.78, 5) is 22.4. The first-order chi connectivity index (χ1) is 14.5. The first kappa shape index (κ1) is 20.0. The molecule has 0 bridgehead atoms. The van der Waals surface area contributed by atoms with Gasteiger partial charge < -0.3 is 5.73 Å². The maximum Gasteiger partial charge on any atom is 0.333 e. The Morgan fingerprint density at radius 1 is 1.10 bits per heavy atom. The lowest BCUT2D eigenvalue weighted by atomic mass is 10.1. The van der Waals surface area contributed by atoms with E-state index < -0.39 is 5.91 Å². The van der Waals surface area contributed by atoms with E-state index in [0.717, 1.165) is 33.9 Å². The first-order valence-corrected chi connectivity index (χ1v) is 10.8. The van der Waals surface area contributed by atoms with E-state index >= 15 is 0 Å². The number of primary amides is 1. The second-order valence-electron chi connectivity index (χ2n) is 7.16. The van der Waals surface area contributed by atoms with E-state index in [-0.39, 0.29) is 6.54 Å². The largest absolute Gasteiger partial charge is 0.364 e. The number of carbonyl (C=O) groups is 1. The fourth-order valence-corrected chi connectivity index (χ4v) is 3.85. The lowest BCUT2D eigenvalue weighted by molar-refractivity contribution is -0.701. The molecule has 0 saturated heterocycles. The van der Waals surface area contributed by atoms with Crippen molar-refractivity contribution in [2.75, 3.05) is 6.26 Å². The third-order valence-electron chi connectivity index (χ3n) is 4.96. The van der Waals surface area contributed by atoms with Gasteiger partial charge in [0.25, 0.3) is 5.91 Å². The van der Waals surface area contributed by atoms with Crippen LogP contribution >= 0.6 is 11.8 Å². The lowest BCUT2D eigenvalue weighted by Gasteiger charge is -2.04. The molecule has 0 radical (unpaired) electrons. The van der Waals surface area contributed by atoms with Crippen LogP contribution in [-0.4, -0.2) is 23.7 Å². The molecule has 2 N–H and O–H groups in total. The molecule has 4 rings (SSSR count). The fourth-order valence-electron chi connectivity index (χ4n) is 3.44. The van der Waals surface area contributed by atoms with Gasteiger partial charge in [0, 0.05) is 10.5 Å². The van der Waals surface area contributed by atoms with Gasteiger partial charge in [-0.2, -0.15) is 9.13 Å². The molecule has 3 aromatic rings. The highest BCUT2D eigenvalue weighted by Gasteiger charge is 2.35. The molecular formula is C23H23N5OS+2. The van der Waals surface area contributed by atoms with Crippen LogP contribution in [-0.2, 0) is 11.3 Å². The van der Waals surface area contributed by atoms with Crippen molar-refractivity contribution in [3.63, 3.8) is 0 Å². The number of nitrogens with two attached hydrogens (primary N) is 1. The Bertz CT molecular complexity index is 1180. The van der Waals surface area contributed by atoms with E-state index in [4.69, 9.17) is 15.7 Å². The molecule has 1 aromatic heterocycles. The molecule has 0 fully saturated rings. The molecule has 2 heterocycles. The van der Waals surface area contributed by atoms with Crippen LogP contribution in [0.1, 0.15) is 16.7 Å². The average Bonchev–Trinajstić information content (AvgIpc) is 3.08. The number of hydrogen-bond acceptors (Lipinski definition) is 4. The Balaban J connectivity index is 1.88. The van der Waals surface area contributed by atoms with Crippen LogP contribution in [0.5, 0.6) is 0 Å². The highest BCUT2D eigenvalue weighted by Crippen LogP contribution is 2.26. The van der Waals surface area contributed by atoms with Crippen molar-refractivity contribution >= 4 is 40.7 Å². The molecule has 0 atom stereocenters. The number of rotatable bonds is 5. The third-order valence-corrected chi connectivity index (χ3v) is 5.70. The van der Waals surface area contributed by atoms with Gasteiger partial charge in [0.15, 0.2) is 0 Å². The molecule has 1 aliphatic heterocycles. The van der Waals surface area contributed by atoms with Gasteiger partial charge in [-0.05, 0) is 55.5 Å². The summed E-state index contributed by atoms with van der Waals surface area (Å²) < 4.78 is 3.68. The topological polar surface area (TPSA) is 75.6 Å². The second-order valence-corrected chi connectivity index (χ2v) is 8.04. The second kappa shape index (κ2) is 8.20. The van der Waals surface area contributed by atoms with Gasteiger partial charge in [-0.3, -0.25) is 4.79 Å². The summed E-state index contributed by atoms with van der Waals surface area (Å²) in [7, 11) is 0. The number of hydrogen-bond donors (Lipinski definition) is 1. The summed E-state index contributed by atoms with van der Waals surface area (Å²) >= 11 is 1.70. The molecule has 7 heteroatoms. The van der Waals surface area contributed by atoms with Crippen LogP contribution in [0, 0.1) is 13.8 Å². The molecular weight excluding hydrogens is 394 g/mol. The van der Waals surface area contributed by atoms with Gasteiger partial charge in [-0.25, -0.2) is 0 Å². The molecule has 150 valence electrons. The Kier molecular flexibility index (Phi) is 5.46. The zero-order valence-corrected chi connectivity index (χ0v) is 18.0. The Morgan fingerprint density at radius 3 is 2.43 bits per heavy atom. The SMILES string of the molecule is CSc1ccc(C2=Nc3c[n+](CC(N)=O)cc[n+]3C2=Nc2c(C)cccc2C)cc1. The number of para-hydroxylation sites is 1. The molecule has 0 unspecified atom stereocenters. The molecule has 0 saturated carbocycles. The van der Waals surface area contributed by atoms with Gasteiger partial charge in [-0.15, -0.1) is 11.8 Å². The number of aryl methyl sites for hydroxylation is 2. The summed E-state index contributed by atoms with van der Waals surface area (Å²) in [6.45, 7) is 4.22. The van der Waals surface area contributed by atoms with Crippen molar-refractivity contribution < 1.29 is 13.9 Å². The van der Waals surface area contributed by atoms with E-state index in [1.165, 1.54) is 4.90 Å². The van der Waals surface area contributed by atoms with Crippen LogP contribution in [0.2, 0.25) is 0 Å². The number of aliphatic imine (C=N–C) groups is 2. The number of aromatic nitrogens is 2. The average molecular weight is 418 g/mol.